The zero-order valence-electron chi connectivity index (χ0n) is 14.7. The molecular weight excluding hydrogens is 336 g/mol. The van der Waals surface area contributed by atoms with E-state index in [0.29, 0.717) is 11.5 Å². The molecule has 1 aliphatic carbocycles. The van der Waals surface area contributed by atoms with Gasteiger partial charge in [0.05, 0.1) is 36.7 Å². The Balaban J connectivity index is 1.75. The summed E-state index contributed by atoms with van der Waals surface area (Å²) in [5.41, 5.74) is 0.978. The molecule has 2 aromatic carbocycles. The SMILES string of the molecule is COc1cccc(OC)c1CNC(=O)C1(c2ccc([N+](=O)[O-])cc2)CC1. The second kappa shape index (κ2) is 7.03. The largest absolute Gasteiger partial charge is 0.496 e. The van der Waals surface area contributed by atoms with Crippen molar-refractivity contribution >= 4 is 11.6 Å². The number of nitro groups is 1. The van der Waals surface area contributed by atoms with Gasteiger partial charge in [-0.3, -0.25) is 14.9 Å². The number of benzene rings is 2. The molecule has 2 aromatic rings. The highest BCUT2D eigenvalue weighted by molar-refractivity contribution is 5.91. The van der Waals surface area contributed by atoms with Crippen LogP contribution in [0.4, 0.5) is 5.69 Å². The van der Waals surface area contributed by atoms with E-state index in [9.17, 15) is 14.9 Å². The van der Waals surface area contributed by atoms with Gasteiger partial charge >= 0.3 is 0 Å². The number of nitrogens with zero attached hydrogens (tertiary/aromatic N) is 1. The maximum Gasteiger partial charge on any atom is 0.269 e. The molecule has 0 atom stereocenters. The normalized spacial score (nSPS) is 14.4. The van der Waals surface area contributed by atoms with Gasteiger partial charge in [-0.05, 0) is 30.5 Å². The van der Waals surface area contributed by atoms with E-state index in [1.807, 2.05) is 18.2 Å². The summed E-state index contributed by atoms with van der Waals surface area (Å²) >= 11 is 0. The molecule has 1 fully saturated rings. The minimum absolute atomic E-state index is 0.0173. The van der Waals surface area contributed by atoms with Gasteiger partial charge in [-0.1, -0.05) is 18.2 Å². The zero-order valence-corrected chi connectivity index (χ0v) is 14.7. The fraction of sp³-hybridized carbons (Fsp3) is 0.316. The molecule has 0 bridgehead atoms. The van der Waals surface area contributed by atoms with E-state index >= 15 is 0 Å². The van der Waals surface area contributed by atoms with Crippen LogP contribution in [-0.4, -0.2) is 25.1 Å². The molecule has 1 N–H and O–H groups in total. The van der Waals surface area contributed by atoms with Crippen LogP contribution in [0, 0.1) is 10.1 Å². The average Bonchev–Trinajstić information content (AvgIpc) is 3.47. The first-order chi connectivity index (χ1) is 12.5. The molecule has 136 valence electrons. The number of carbonyl (C=O) groups excluding carboxylic acids is 1. The molecule has 3 rings (SSSR count). The Kier molecular flexibility index (Phi) is 4.79. The molecule has 1 amide bonds. The summed E-state index contributed by atoms with van der Waals surface area (Å²) in [6.45, 7) is 0.279. The lowest BCUT2D eigenvalue weighted by Crippen LogP contribution is -2.34. The van der Waals surface area contributed by atoms with Gasteiger partial charge in [0.15, 0.2) is 0 Å². The number of non-ortho nitro benzene ring substituents is 1. The van der Waals surface area contributed by atoms with Crippen molar-refractivity contribution in [1.29, 1.82) is 0 Å². The number of amides is 1. The number of methoxy groups -OCH3 is 2. The molecule has 7 heteroatoms. The lowest BCUT2D eigenvalue weighted by atomic mass is 9.94. The molecule has 0 saturated heterocycles. The fourth-order valence-electron chi connectivity index (χ4n) is 3.11. The van der Waals surface area contributed by atoms with Gasteiger partial charge in [0.1, 0.15) is 11.5 Å². The molecule has 0 aromatic heterocycles. The number of hydrogen-bond acceptors (Lipinski definition) is 5. The lowest BCUT2D eigenvalue weighted by molar-refractivity contribution is -0.384. The highest BCUT2D eigenvalue weighted by atomic mass is 16.6. The molecule has 7 nitrogen and oxygen atoms in total. The van der Waals surface area contributed by atoms with E-state index in [4.69, 9.17) is 9.47 Å². The van der Waals surface area contributed by atoms with Gasteiger partial charge in [0, 0.05) is 12.1 Å². The number of ether oxygens (including phenoxy) is 2. The van der Waals surface area contributed by atoms with Gasteiger partial charge in [0.25, 0.3) is 5.69 Å². The first-order valence-corrected chi connectivity index (χ1v) is 8.25. The fourth-order valence-corrected chi connectivity index (χ4v) is 3.11. The van der Waals surface area contributed by atoms with Crippen molar-refractivity contribution in [1.82, 2.24) is 5.32 Å². The summed E-state index contributed by atoms with van der Waals surface area (Å²) in [7, 11) is 3.14. The standard InChI is InChI=1S/C19H20N2O5/c1-25-16-4-3-5-17(26-2)15(16)12-20-18(22)19(10-11-19)13-6-8-14(9-7-13)21(23)24/h3-9H,10-12H2,1-2H3,(H,20,22). The molecule has 0 unspecified atom stereocenters. The topological polar surface area (TPSA) is 90.7 Å². The first-order valence-electron chi connectivity index (χ1n) is 8.25. The number of nitro benzene ring substituents is 1. The maximum absolute atomic E-state index is 12.8. The summed E-state index contributed by atoms with van der Waals surface area (Å²) in [5, 5.41) is 13.7. The summed E-state index contributed by atoms with van der Waals surface area (Å²) in [4.78, 5) is 23.1. The molecule has 0 aliphatic heterocycles. The zero-order chi connectivity index (χ0) is 18.7. The summed E-state index contributed by atoms with van der Waals surface area (Å²) in [6, 6.07) is 11.6. The van der Waals surface area contributed by atoms with Crippen LogP contribution in [0.15, 0.2) is 42.5 Å². The summed E-state index contributed by atoms with van der Waals surface area (Å²) < 4.78 is 10.7. The minimum Gasteiger partial charge on any atom is -0.496 e. The molecule has 1 aliphatic rings. The average molecular weight is 356 g/mol. The van der Waals surface area contributed by atoms with Gasteiger partial charge < -0.3 is 14.8 Å². The minimum atomic E-state index is -0.607. The van der Waals surface area contributed by atoms with Gasteiger partial charge in [-0.2, -0.15) is 0 Å². The van der Waals surface area contributed by atoms with Gasteiger partial charge in [0.2, 0.25) is 5.91 Å². The van der Waals surface area contributed by atoms with E-state index in [-0.39, 0.29) is 18.1 Å². The number of nitrogens with one attached hydrogen (secondary N) is 1. The molecule has 26 heavy (non-hydrogen) atoms. The third-order valence-corrected chi connectivity index (χ3v) is 4.77. The molecule has 0 spiro atoms. The molecular formula is C19H20N2O5. The molecule has 1 saturated carbocycles. The van der Waals surface area contributed by atoms with Crippen LogP contribution < -0.4 is 14.8 Å². The van der Waals surface area contributed by atoms with E-state index in [2.05, 4.69) is 5.32 Å². The quantitative estimate of drug-likeness (QED) is 0.608. The van der Waals surface area contributed by atoms with Crippen LogP contribution in [0.1, 0.15) is 24.0 Å². The van der Waals surface area contributed by atoms with Crippen molar-refractivity contribution < 1.29 is 19.2 Å². The van der Waals surface area contributed by atoms with Crippen molar-refractivity contribution in [2.75, 3.05) is 14.2 Å². The Morgan fingerprint density at radius 1 is 1.12 bits per heavy atom. The molecule has 0 heterocycles. The lowest BCUT2D eigenvalue weighted by Gasteiger charge is -2.18. The van der Waals surface area contributed by atoms with Gasteiger partial charge in [-0.25, -0.2) is 0 Å². The number of hydrogen-bond donors (Lipinski definition) is 1. The number of carbonyl (C=O) groups is 1. The predicted molar refractivity (Wildman–Crippen MR) is 95.4 cm³/mol. The Bertz CT molecular complexity index is 806. The Morgan fingerprint density at radius 2 is 1.69 bits per heavy atom. The van der Waals surface area contributed by atoms with E-state index < -0.39 is 10.3 Å². The summed E-state index contributed by atoms with van der Waals surface area (Å²) in [5.74, 6) is 1.19. The summed E-state index contributed by atoms with van der Waals surface area (Å²) in [6.07, 6.45) is 1.44. The Hall–Kier alpha value is -3.09. The van der Waals surface area contributed by atoms with Crippen LogP contribution in [0.2, 0.25) is 0 Å². The maximum atomic E-state index is 12.8. The third-order valence-electron chi connectivity index (χ3n) is 4.77. The van der Waals surface area contributed by atoms with Crippen LogP contribution in [0.3, 0.4) is 0 Å². The van der Waals surface area contributed by atoms with E-state index in [1.54, 1.807) is 26.4 Å². The van der Waals surface area contributed by atoms with E-state index in [0.717, 1.165) is 24.0 Å². The van der Waals surface area contributed by atoms with Crippen molar-refractivity contribution in [2.45, 2.75) is 24.8 Å². The van der Waals surface area contributed by atoms with Crippen LogP contribution in [0.5, 0.6) is 11.5 Å². The number of rotatable bonds is 7. The van der Waals surface area contributed by atoms with Crippen molar-refractivity contribution in [3.63, 3.8) is 0 Å². The second-order valence-corrected chi connectivity index (χ2v) is 6.21. The van der Waals surface area contributed by atoms with E-state index in [1.165, 1.54) is 12.1 Å². The monoisotopic (exact) mass is 356 g/mol. The predicted octanol–water partition coefficient (Wildman–Crippen LogP) is 2.96. The van der Waals surface area contributed by atoms with Crippen molar-refractivity contribution in [3.8, 4) is 11.5 Å². The van der Waals surface area contributed by atoms with Gasteiger partial charge in [-0.15, -0.1) is 0 Å². The smallest absolute Gasteiger partial charge is 0.269 e. The highest BCUT2D eigenvalue weighted by Crippen LogP contribution is 2.48. The van der Waals surface area contributed by atoms with Crippen molar-refractivity contribution in [2.24, 2.45) is 0 Å². The third kappa shape index (κ3) is 3.20. The first kappa shape index (κ1) is 17.7. The second-order valence-electron chi connectivity index (χ2n) is 6.21. The van der Waals surface area contributed by atoms with Crippen molar-refractivity contribution in [3.05, 3.63) is 63.7 Å². The van der Waals surface area contributed by atoms with Crippen LogP contribution >= 0.6 is 0 Å². The van der Waals surface area contributed by atoms with Crippen LogP contribution in [-0.2, 0) is 16.8 Å². The highest BCUT2D eigenvalue weighted by Gasteiger charge is 2.51. The van der Waals surface area contributed by atoms with Crippen LogP contribution in [0.25, 0.3) is 0 Å². The Labute approximate surface area is 151 Å². The molecule has 0 radical (unpaired) electrons. The Morgan fingerprint density at radius 3 is 2.15 bits per heavy atom.